The average molecular weight is 538 g/mol. The van der Waals surface area contributed by atoms with Gasteiger partial charge < -0.3 is 14.8 Å². The van der Waals surface area contributed by atoms with Crippen molar-refractivity contribution in [3.05, 3.63) is 105 Å². The lowest BCUT2D eigenvalue weighted by atomic mass is 10.1. The molecule has 36 heavy (non-hydrogen) atoms. The van der Waals surface area contributed by atoms with Crippen LogP contribution >= 0.6 is 34.8 Å². The lowest BCUT2D eigenvalue weighted by Crippen LogP contribution is -2.13. The van der Waals surface area contributed by atoms with Gasteiger partial charge >= 0.3 is 0 Å². The predicted octanol–water partition coefficient (Wildman–Crippen LogP) is 7.93. The summed E-state index contributed by atoms with van der Waals surface area (Å²) < 4.78 is 11.5. The van der Waals surface area contributed by atoms with Crippen LogP contribution in [0.5, 0.6) is 11.5 Å². The quantitative estimate of drug-likeness (QED) is 0.192. The maximum Gasteiger partial charge on any atom is 0.266 e. The number of anilines is 1. The molecule has 0 unspecified atom stereocenters. The van der Waals surface area contributed by atoms with Crippen LogP contribution in [0, 0.1) is 11.3 Å². The molecule has 0 fully saturated rings. The predicted molar refractivity (Wildman–Crippen MR) is 145 cm³/mol. The van der Waals surface area contributed by atoms with Gasteiger partial charge in [-0.1, -0.05) is 83.3 Å². The van der Waals surface area contributed by atoms with Gasteiger partial charge in [-0.3, -0.25) is 4.79 Å². The van der Waals surface area contributed by atoms with Gasteiger partial charge in [0, 0.05) is 0 Å². The van der Waals surface area contributed by atoms with Crippen molar-refractivity contribution in [1.29, 1.82) is 5.26 Å². The smallest absolute Gasteiger partial charge is 0.266 e. The molecule has 0 saturated carbocycles. The van der Waals surface area contributed by atoms with Gasteiger partial charge in [-0.2, -0.15) is 5.26 Å². The average Bonchev–Trinajstić information content (AvgIpc) is 2.88. The first-order valence-corrected chi connectivity index (χ1v) is 11.9. The summed E-state index contributed by atoms with van der Waals surface area (Å²) in [7, 11) is 1.49. The molecule has 0 radical (unpaired) electrons. The molecule has 8 heteroatoms. The first-order valence-electron chi connectivity index (χ1n) is 10.8. The summed E-state index contributed by atoms with van der Waals surface area (Å²) in [5.41, 5.74) is 1.62. The fourth-order valence-corrected chi connectivity index (χ4v) is 4.26. The molecule has 0 spiro atoms. The zero-order chi connectivity index (χ0) is 25.7. The second-order valence-electron chi connectivity index (χ2n) is 7.69. The molecule has 4 rings (SSSR count). The van der Waals surface area contributed by atoms with Crippen LogP contribution < -0.4 is 14.8 Å². The Kier molecular flexibility index (Phi) is 8.02. The number of hydrogen-bond donors (Lipinski definition) is 1. The lowest BCUT2D eigenvalue weighted by molar-refractivity contribution is -0.112. The summed E-state index contributed by atoms with van der Waals surface area (Å²) in [5, 5.41) is 15.1. The van der Waals surface area contributed by atoms with Crippen molar-refractivity contribution in [3.8, 4) is 17.6 Å². The first kappa shape index (κ1) is 25.4. The van der Waals surface area contributed by atoms with Crippen LogP contribution in [0.1, 0.15) is 11.1 Å². The van der Waals surface area contributed by atoms with Crippen molar-refractivity contribution in [1.82, 2.24) is 0 Å². The lowest BCUT2D eigenvalue weighted by Gasteiger charge is -2.14. The molecule has 0 aliphatic heterocycles. The van der Waals surface area contributed by atoms with Crippen LogP contribution in [0.4, 0.5) is 5.69 Å². The van der Waals surface area contributed by atoms with E-state index in [0.717, 1.165) is 16.3 Å². The summed E-state index contributed by atoms with van der Waals surface area (Å²) in [6.07, 6.45) is 1.40. The van der Waals surface area contributed by atoms with E-state index in [4.69, 9.17) is 44.3 Å². The molecule has 4 aromatic carbocycles. The van der Waals surface area contributed by atoms with Gasteiger partial charge in [0.2, 0.25) is 0 Å². The Hall–Kier alpha value is -3.69. The Morgan fingerprint density at radius 3 is 2.53 bits per heavy atom. The van der Waals surface area contributed by atoms with Crippen LogP contribution in [-0.4, -0.2) is 13.0 Å². The molecule has 1 amide bonds. The monoisotopic (exact) mass is 536 g/mol. The Morgan fingerprint density at radius 1 is 1.00 bits per heavy atom. The number of fused-ring (bicyclic) bond motifs is 1. The van der Waals surface area contributed by atoms with Gasteiger partial charge in [0.15, 0.2) is 11.5 Å². The molecule has 0 atom stereocenters. The van der Waals surface area contributed by atoms with Crippen LogP contribution in [-0.2, 0) is 11.4 Å². The third-order valence-corrected chi connectivity index (χ3v) is 6.48. The van der Waals surface area contributed by atoms with E-state index in [-0.39, 0.29) is 27.2 Å². The summed E-state index contributed by atoms with van der Waals surface area (Å²) in [5.74, 6) is 0.0792. The van der Waals surface area contributed by atoms with Gasteiger partial charge in [0.25, 0.3) is 5.91 Å². The number of benzene rings is 4. The second-order valence-corrected chi connectivity index (χ2v) is 8.88. The molecule has 4 aromatic rings. The fraction of sp³-hybridized carbons (Fsp3) is 0.0714. The van der Waals surface area contributed by atoms with Gasteiger partial charge in [0.1, 0.15) is 18.2 Å². The van der Waals surface area contributed by atoms with E-state index in [9.17, 15) is 10.1 Å². The standard InChI is InChI=1S/C28H19Cl3N2O3/c1-35-25-14-17(12-20(15-32)28(34)33-24-11-5-10-22(29)26(24)31)13-23(30)27(25)36-16-19-8-4-7-18-6-2-3-9-21(18)19/h2-14H,16H2,1H3,(H,33,34)/b20-12+. The number of carbonyl (C=O) groups is 1. The Labute approximate surface area is 223 Å². The van der Waals surface area contributed by atoms with Crippen molar-refractivity contribution >= 4 is 63.2 Å². The number of ether oxygens (including phenoxy) is 2. The van der Waals surface area contributed by atoms with Gasteiger partial charge in [-0.15, -0.1) is 0 Å². The summed E-state index contributed by atoms with van der Waals surface area (Å²) in [4.78, 5) is 12.7. The molecule has 0 aromatic heterocycles. The molecule has 0 saturated heterocycles. The summed E-state index contributed by atoms with van der Waals surface area (Å²) in [6.45, 7) is 0.277. The van der Waals surface area contributed by atoms with Crippen LogP contribution in [0.2, 0.25) is 15.1 Å². The SMILES string of the molecule is COc1cc(/C=C(\C#N)C(=O)Nc2cccc(Cl)c2Cl)cc(Cl)c1OCc1cccc2ccccc12. The van der Waals surface area contributed by atoms with Crippen molar-refractivity contribution in [2.45, 2.75) is 6.61 Å². The van der Waals surface area contributed by atoms with E-state index >= 15 is 0 Å². The third-order valence-electron chi connectivity index (χ3n) is 5.38. The third kappa shape index (κ3) is 5.58. The molecule has 0 bridgehead atoms. The Morgan fingerprint density at radius 2 is 1.75 bits per heavy atom. The summed E-state index contributed by atoms with van der Waals surface area (Å²) >= 11 is 18.7. The van der Waals surface area contributed by atoms with E-state index in [1.54, 1.807) is 30.3 Å². The van der Waals surface area contributed by atoms with E-state index in [1.165, 1.54) is 13.2 Å². The van der Waals surface area contributed by atoms with Crippen molar-refractivity contribution < 1.29 is 14.3 Å². The highest BCUT2D eigenvalue weighted by Crippen LogP contribution is 2.38. The number of nitrogens with zero attached hydrogens (tertiary/aromatic N) is 1. The molecular weight excluding hydrogens is 519 g/mol. The minimum Gasteiger partial charge on any atom is -0.493 e. The topological polar surface area (TPSA) is 71.3 Å². The molecule has 180 valence electrons. The van der Waals surface area contributed by atoms with Crippen LogP contribution in [0.3, 0.4) is 0 Å². The van der Waals surface area contributed by atoms with Crippen LogP contribution in [0.15, 0.2) is 78.4 Å². The Balaban J connectivity index is 1.58. The molecule has 0 heterocycles. The molecule has 0 aliphatic rings. The number of nitriles is 1. The van der Waals surface area contributed by atoms with E-state index in [2.05, 4.69) is 5.32 Å². The second kappa shape index (κ2) is 11.4. The van der Waals surface area contributed by atoms with Crippen molar-refractivity contribution in [3.63, 3.8) is 0 Å². The van der Waals surface area contributed by atoms with Gasteiger partial charge in [-0.25, -0.2) is 0 Å². The molecular formula is C28H19Cl3N2O3. The molecule has 5 nitrogen and oxygen atoms in total. The highest BCUT2D eigenvalue weighted by molar-refractivity contribution is 6.44. The highest BCUT2D eigenvalue weighted by atomic mass is 35.5. The number of carbonyl (C=O) groups excluding carboxylic acids is 1. The van der Waals surface area contributed by atoms with E-state index in [1.807, 2.05) is 48.5 Å². The highest BCUT2D eigenvalue weighted by Gasteiger charge is 2.16. The van der Waals surface area contributed by atoms with E-state index < -0.39 is 5.91 Å². The Bertz CT molecular complexity index is 1520. The van der Waals surface area contributed by atoms with Gasteiger partial charge in [-0.05, 0) is 52.2 Å². The number of nitrogens with one attached hydrogen (secondary N) is 1. The zero-order valence-corrected chi connectivity index (χ0v) is 21.3. The molecule has 0 aliphatic carbocycles. The van der Waals surface area contributed by atoms with Crippen molar-refractivity contribution in [2.24, 2.45) is 0 Å². The maximum atomic E-state index is 12.7. The normalized spacial score (nSPS) is 11.1. The minimum atomic E-state index is -0.645. The number of rotatable bonds is 7. The fourth-order valence-electron chi connectivity index (χ4n) is 3.64. The summed E-state index contributed by atoms with van der Waals surface area (Å²) in [6, 6.07) is 24.0. The number of halogens is 3. The molecule has 1 N–H and O–H groups in total. The first-order chi connectivity index (χ1) is 17.4. The van der Waals surface area contributed by atoms with Gasteiger partial charge in [0.05, 0.1) is 27.9 Å². The number of methoxy groups -OCH3 is 1. The van der Waals surface area contributed by atoms with E-state index in [0.29, 0.717) is 22.7 Å². The number of amides is 1. The minimum absolute atomic E-state index is 0.159. The zero-order valence-electron chi connectivity index (χ0n) is 19.0. The maximum absolute atomic E-state index is 12.7. The number of hydrogen-bond acceptors (Lipinski definition) is 4. The van der Waals surface area contributed by atoms with Crippen molar-refractivity contribution in [2.75, 3.05) is 12.4 Å². The van der Waals surface area contributed by atoms with Crippen LogP contribution in [0.25, 0.3) is 16.8 Å². The largest absolute Gasteiger partial charge is 0.493 e.